The summed E-state index contributed by atoms with van der Waals surface area (Å²) in [6.07, 6.45) is 24.7. The monoisotopic (exact) mass is 426 g/mol. The number of fused-ring (bicyclic) bond motifs is 3. The summed E-state index contributed by atoms with van der Waals surface area (Å²) in [6.45, 7) is 0. The SMILES string of the molecule is C1=CC[C]([Zr+2]2([CH]3C4C=CC=CC4C4CCCCC43)[CH2][CH2]2)=C1.[Cl-].[Cl-]. The third kappa shape index (κ3) is 2.74. The van der Waals surface area contributed by atoms with E-state index in [9.17, 15) is 0 Å². The second-order valence-electron chi connectivity index (χ2n) is 8.04. The Labute approximate surface area is 157 Å². The molecular formula is C20H26Cl2Zr. The molecular weight excluding hydrogens is 402 g/mol. The zero-order chi connectivity index (χ0) is 13.9. The minimum Gasteiger partial charge on any atom is -1.00 e. The van der Waals surface area contributed by atoms with Crippen LogP contribution in [0.25, 0.3) is 0 Å². The molecule has 0 aromatic rings. The van der Waals surface area contributed by atoms with Crippen LogP contribution >= 0.6 is 0 Å². The minimum atomic E-state index is -1.95. The van der Waals surface area contributed by atoms with Gasteiger partial charge in [0.05, 0.1) is 0 Å². The van der Waals surface area contributed by atoms with Gasteiger partial charge in [0.25, 0.3) is 0 Å². The van der Waals surface area contributed by atoms with E-state index in [1.54, 1.807) is 14.7 Å². The van der Waals surface area contributed by atoms with Crippen LogP contribution in [0.3, 0.4) is 0 Å². The van der Waals surface area contributed by atoms with Crippen molar-refractivity contribution in [1.82, 2.24) is 0 Å². The molecule has 0 radical (unpaired) electrons. The van der Waals surface area contributed by atoms with Crippen molar-refractivity contribution < 1.29 is 45.1 Å². The van der Waals surface area contributed by atoms with Gasteiger partial charge in [0, 0.05) is 0 Å². The van der Waals surface area contributed by atoms with E-state index in [1.165, 1.54) is 25.7 Å². The summed E-state index contributed by atoms with van der Waals surface area (Å²) in [6, 6.07) is 0. The topological polar surface area (TPSA) is 0 Å². The summed E-state index contributed by atoms with van der Waals surface area (Å²) in [5.41, 5.74) is 0. The van der Waals surface area contributed by atoms with Gasteiger partial charge < -0.3 is 24.8 Å². The summed E-state index contributed by atoms with van der Waals surface area (Å²) >= 11 is -1.95. The van der Waals surface area contributed by atoms with Crippen LogP contribution in [-0.2, 0) is 20.3 Å². The van der Waals surface area contributed by atoms with Crippen LogP contribution in [0.1, 0.15) is 32.1 Å². The van der Waals surface area contributed by atoms with Crippen molar-refractivity contribution in [1.29, 1.82) is 0 Å². The van der Waals surface area contributed by atoms with Gasteiger partial charge in [-0.25, -0.2) is 0 Å². The van der Waals surface area contributed by atoms with Gasteiger partial charge in [-0.2, -0.15) is 0 Å². The molecule has 4 aliphatic carbocycles. The summed E-state index contributed by atoms with van der Waals surface area (Å²) in [5, 5.41) is 0. The van der Waals surface area contributed by atoms with E-state index in [1.807, 2.05) is 3.28 Å². The number of allylic oxidation sites excluding steroid dienone is 8. The smallest absolute Gasteiger partial charge is 1.00 e. The largest absolute Gasteiger partial charge is 1.00 e. The van der Waals surface area contributed by atoms with Crippen LogP contribution in [0.15, 0.2) is 45.8 Å². The average molecular weight is 429 g/mol. The van der Waals surface area contributed by atoms with E-state index < -0.39 is 20.3 Å². The number of rotatable bonds is 2. The molecule has 1 heterocycles. The normalized spacial score (nSPS) is 40.0. The molecule has 1 aliphatic heterocycles. The van der Waals surface area contributed by atoms with Crippen molar-refractivity contribution in [2.45, 2.75) is 44.0 Å². The summed E-state index contributed by atoms with van der Waals surface area (Å²) < 4.78 is 6.50. The molecule has 5 unspecified atom stereocenters. The molecule has 5 rings (SSSR count). The maximum Gasteiger partial charge on any atom is -1.00 e. The van der Waals surface area contributed by atoms with Gasteiger partial charge in [-0.1, -0.05) is 0 Å². The van der Waals surface area contributed by atoms with E-state index in [4.69, 9.17) is 0 Å². The Morgan fingerprint density at radius 2 is 1.52 bits per heavy atom. The Bertz CT molecular complexity index is 570. The molecule has 2 saturated carbocycles. The third-order valence-corrected chi connectivity index (χ3v) is 20.4. The van der Waals surface area contributed by atoms with Crippen LogP contribution < -0.4 is 24.8 Å². The van der Waals surface area contributed by atoms with Crippen LogP contribution in [0.4, 0.5) is 0 Å². The molecule has 0 N–H and O–H groups in total. The Balaban J connectivity index is 0.000000781. The molecule has 0 aromatic carbocycles. The van der Waals surface area contributed by atoms with Crippen LogP contribution in [-0.4, -0.2) is 0 Å². The van der Waals surface area contributed by atoms with Crippen LogP contribution in [0.5, 0.6) is 0 Å². The van der Waals surface area contributed by atoms with Crippen molar-refractivity contribution >= 4 is 0 Å². The molecule has 0 amide bonds. The number of hydrogen-bond acceptors (Lipinski definition) is 0. The van der Waals surface area contributed by atoms with Gasteiger partial charge >= 0.3 is 134 Å². The first-order valence-electron chi connectivity index (χ1n) is 9.11. The van der Waals surface area contributed by atoms with Crippen molar-refractivity contribution in [2.24, 2.45) is 23.7 Å². The number of halogens is 2. The van der Waals surface area contributed by atoms with E-state index in [2.05, 4.69) is 42.5 Å². The van der Waals surface area contributed by atoms with Crippen molar-refractivity contribution in [3.63, 3.8) is 0 Å². The molecule has 5 aliphatic rings. The maximum absolute atomic E-state index is 2.63. The second kappa shape index (κ2) is 6.97. The molecule has 5 atom stereocenters. The molecule has 3 fully saturated rings. The van der Waals surface area contributed by atoms with Crippen LogP contribution in [0.2, 0.25) is 11.9 Å². The third-order valence-electron chi connectivity index (χ3n) is 7.30. The molecule has 1 saturated heterocycles. The fourth-order valence-corrected chi connectivity index (χ4v) is 23.3. The van der Waals surface area contributed by atoms with Crippen molar-refractivity contribution in [3.8, 4) is 0 Å². The first-order chi connectivity index (χ1) is 10.4. The first-order valence-corrected chi connectivity index (χ1v) is 15.2. The number of hydrogen-bond donors (Lipinski definition) is 0. The Hall–Kier alpha value is 0.423. The summed E-state index contributed by atoms with van der Waals surface area (Å²) in [4.78, 5) is 0. The van der Waals surface area contributed by atoms with Gasteiger partial charge in [-0.15, -0.1) is 0 Å². The zero-order valence-electron chi connectivity index (χ0n) is 13.6. The molecule has 3 heteroatoms. The van der Waals surface area contributed by atoms with E-state index in [0.717, 1.165) is 27.3 Å². The summed E-state index contributed by atoms with van der Waals surface area (Å²) in [5.74, 6) is 3.98. The van der Waals surface area contributed by atoms with Gasteiger partial charge in [0.15, 0.2) is 0 Å². The molecule has 0 bridgehead atoms. The fourth-order valence-electron chi connectivity index (χ4n) is 6.42. The molecule has 0 aromatic heterocycles. The standard InChI is InChI=1S/C13H17.C5H5.C2H4.2ClH.Zr/c1-3-7-12-10(5-1)9-11-6-2-4-8-13(11)12;1-2-4-5-3-1;1-2;;;/h1,3,5,7,9-13H,2,4,6,8H2;1-3H,4H2;1-2H2;2*1H;/q;;;;;+2/p-2. The molecule has 0 nitrogen and oxygen atoms in total. The molecule has 124 valence electrons. The van der Waals surface area contributed by atoms with Gasteiger partial charge in [0.1, 0.15) is 0 Å². The Morgan fingerprint density at radius 1 is 0.826 bits per heavy atom. The molecule has 23 heavy (non-hydrogen) atoms. The summed E-state index contributed by atoms with van der Waals surface area (Å²) in [7, 11) is 0. The van der Waals surface area contributed by atoms with E-state index in [0.29, 0.717) is 0 Å². The predicted octanol–water partition coefficient (Wildman–Crippen LogP) is -0.191. The quantitative estimate of drug-likeness (QED) is 0.572. The first kappa shape index (κ1) is 18.2. The average Bonchev–Trinajstić information content (AvgIpc) is 3.02. The Morgan fingerprint density at radius 3 is 2.17 bits per heavy atom. The van der Waals surface area contributed by atoms with Crippen molar-refractivity contribution in [3.05, 3.63) is 45.8 Å². The second-order valence-corrected chi connectivity index (χ2v) is 19.4. The Kier molecular flexibility index (Phi) is 5.52. The minimum absolute atomic E-state index is 0. The zero-order valence-corrected chi connectivity index (χ0v) is 17.6. The van der Waals surface area contributed by atoms with Gasteiger partial charge in [-0.05, 0) is 0 Å². The van der Waals surface area contributed by atoms with E-state index >= 15 is 0 Å². The van der Waals surface area contributed by atoms with Crippen molar-refractivity contribution in [2.75, 3.05) is 0 Å². The van der Waals surface area contributed by atoms with Gasteiger partial charge in [0.2, 0.25) is 0 Å². The fraction of sp³-hybridized carbons (Fsp3) is 0.600. The van der Waals surface area contributed by atoms with E-state index in [-0.39, 0.29) is 24.8 Å². The molecule has 0 spiro atoms. The predicted molar refractivity (Wildman–Crippen MR) is 85.9 cm³/mol. The maximum atomic E-state index is 2.63. The van der Waals surface area contributed by atoms with Crippen LogP contribution in [0, 0.1) is 23.7 Å². The van der Waals surface area contributed by atoms with Gasteiger partial charge in [-0.3, -0.25) is 0 Å².